The van der Waals surface area contributed by atoms with Crippen molar-refractivity contribution in [2.75, 3.05) is 19.5 Å². The Hall–Kier alpha value is -2.44. The van der Waals surface area contributed by atoms with Crippen LogP contribution < -0.4 is 25.8 Å². The maximum Gasteiger partial charge on any atom is 0.312 e. The van der Waals surface area contributed by atoms with E-state index < -0.39 is 12.1 Å². The maximum atomic E-state index is 12.3. The first kappa shape index (κ1) is 17.6. The standard InChI is InChI=1S/C15H23N3O4/c1-9(2)7-11(18-15(16)20)14(19)17-10-5-6-12(21-3)13(8-10)22-4/h5-6,8-9,11H,7H2,1-4H3,(H,17,19)(H3,16,18,20). The van der Waals surface area contributed by atoms with E-state index >= 15 is 0 Å². The van der Waals surface area contributed by atoms with E-state index in [0.717, 1.165) is 0 Å². The Kier molecular flexibility index (Phi) is 6.49. The van der Waals surface area contributed by atoms with E-state index in [1.54, 1.807) is 18.2 Å². The van der Waals surface area contributed by atoms with Crippen LogP contribution in [0.1, 0.15) is 20.3 Å². The van der Waals surface area contributed by atoms with E-state index in [9.17, 15) is 9.59 Å². The molecular formula is C15H23N3O4. The van der Waals surface area contributed by atoms with Crippen LogP contribution in [0.2, 0.25) is 0 Å². The predicted octanol–water partition coefficient (Wildman–Crippen LogP) is 1.73. The first-order valence-electron chi connectivity index (χ1n) is 6.96. The van der Waals surface area contributed by atoms with Crippen LogP contribution in [0.3, 0.4) is 0 Å². The number of urea groups is 1. The highest BCUT2D eigenvalue weighted by molar-refractivity contribution is 5.97. The first-order valence-corrected chi connectivity index (χ1v) is 6.96. The lowest BCUT2D eigenvalue weighted by atomic mass is 10.0. The SMILES string of the molecule is COc1ccc(NC(=O)C(CC(C)C)NC(N)=O)cc1OC. The summed E-state index contributed by atoms with van der Waals surface area (Å²) in [5, 5.41) is 5.19. The van der Waals surface area contributed by atoms with Crippen molar-refractivity contribution < 1.29 is 19.1 Å². The molecule has 1 unspecified atom stereocenters. The molecule has 0 heterocycles. The van der Waals surface area contributed by atoms with Gasteiger partial charge in [0, 0.05) is 11.8 Å². The zero-order valence-corrected chi connectivity index (χ0v) is 13.3. The molecule has 0 aliphatic rings. The summed E-state index contributed by atoms with van der Waals surface area (Å²) < 4.78 is 10.3. The topological polar surface area (TPSA) is 103 Å². The van der Waals surface area contributed by atoms with Gasteiger partial charge in [0.1, 0.15) is 6.04 Å². The number of hydrogen-bond acceptors (Lipinski definition) is 4. The number of nitrogens with two attached hydrogens (primary N) is 1. The molecule has 22 heavy (non-hydrogen) atoms. The number of anilines is 1. The molecule has 0 aliphatic heterocycles. The number of ether oxygens (including phenoxy) is 2. The minimum absolute atomic E-state index is 0.230. The largest absolute Gasteiger partial charge is 0.493 e. The fourth-order valence-corrected chi connectivity index (χ4v) is 2.02. The van der Waals surface area contributed by atoms with Crippen LogP contribution in [0.4, 0.5) is 10.5 Å². The lowest BCUT2D eigenvalue weighted by Crippen LogP contribution is -2.46. The van der Waals surface area contributed by atoms with Crippen molar-refractivity contribution in [1.82, 2.24) is 5.32 Å². The fourth-order valence-electron chi connectivity index (χ4n) is 2.02. The number of hydrogen-bond donors (Lipinski definition) is 3. The second-order valence-electron chi connectivity index (χ2n) is 5.25. The van der Waals surface area contributed by atoms with Gasteiger partial charge in [-0.05, 0) is 24.5 Å². The van der Waals surface area contributed by atoms with Gasteiger partial charge >= 0.3 is 6.03 Å². The normalized spacial score (nSPS) is 11.7. The smallest absolute Gasteiger partial charge is 0.312 e. The number of amides is 3. The number of primary amides is 1. The van der Waals surface area contributed by atoms with Crippen LogP contribution in [0.15, 0.2) is 18.2 Å². The number of rotatable bonds is 7. The van der Waals surface area contributed by atoms with Gasteiger partial charge in [-0.2, -0.15) is 0 Å². The average molecular weight is 309 g/mol. The van der Waals surface area contributed by atoms with Gasteiger partial charge in [0.2, 0.25) is 5.91 Å². The molecule has 0 radical (unpaired) electrons. The Labute approximate surface area is 130 Å². The third-order valence-corrected chi connectivity index (χ3v) is 2.99. The van der Waals surface area contributed by atoms with Crippen LogP contribution in [0.5, 0.6) is 11.5 Å². The molecule has 0 spiro atoms. The molecule has 3 amide bonds. The Bertz CT molecular complexity index is 532. The summed E-state index contributed by atoms with van der Waals surface area (Å²) in [5.74, 6) is 0.964. The van der Waals surface area contributed by atoms with Gasteiger partial charge in [-0.1, -0.05) is 13.8 Å². The highest BCUT2D eigenvalue weighted by Crippen LogP contribution is 2.29. The lowest BCUT2D eigenvalue weighted by molar-refractivity contribution is -0.118. The van der Waals surface area contributed by atoms with E-state index in [2.05, 4.69) is 10.6 Å². The monoisotopic (exact) mass is 309 g/mol. The molecule has 0 saturated carbocycles. The molecule has 0 fully saturated rings. The second-order valence-corrected chi connectivity index (χ2v) is 5.25. The Morgan fingerprint density at radius 1 is 1.18 bits per heavy atom. The highest BCUT2D eigenvalue weighted by atomic mass is 16.5. The van der Waals surface area contributed by atoms with E-state index in [1.807, 2.05) is 13.8 Å². The summed E-state index contributed by atoms with van der Waals surface area (Å²) in [4.78, 5) is 23.3. The number of nitrogens with one attached hydrogen (secondary N) is 2. The van der Waals surface area contributed by atoms with Crippen LogP contribution in [-0.4, -0.2) is 32.2 Å². The summed E-state index contributed by atoms with van der Waals surface area (Å²) >= 11 is 0. The molecule has 0 bridgehead atoms. The highest BCUT2D eigenvalue weighted by Gasteiger charge is 2.21. The van der Waals surface area contributed by atoms with Crippen molar-refractivity contribution in [1.29, 1.82) is 0 Å². The molecule has 0 aromatic heterocycles. The summed E-state index contributed by atoms with van der Waals surface area (Å²) in [7, 11) is 3.05. The van der Waals surface area contributed by atoms with E-state index in [1.165, 1.54) is 14.2 Å². The van der Waals surface area contributed by atoms with Crippen molar-refractivity contribution in [3.63, 3.8) is 0 Å². The Morgan fingerprint density at radius 2 is 1.82 bits per heavy atom. The molecule has 1 atom stereocenters. The van der Waals surface area contributed by atoms with Gasteiger partial charge in [0.25, 0.3) is 0 Å². The number of methoxy groups -OCH3 is 2. The molecule has 122 valence electrons. The second kappa shape index (κ2) is 8.11. The van der Waals surface area contributed by atoms with Crippen molar-refractivity contribution in [3.05, 3.63) is 18.2 Å². The quantitative estimate of drug-likeness (QED) is 0.713. The predicted molar refractivity (Wildman–Crippen MR) is 84.1 cm³/mol. The zero-order valence-electron chi connectivity index (χ0n) is 13.3. The molecule has 1 aromatic carbocycles. The molecular weight excluding hydrogens is 286 g/mol. The minimum atomic E-state index is -0.729. The van der Waals surface area contributed by atoms with Crippen LogP contribution in [0, 0.1) is 5.92 Å². The molecule has 0 aliphatic carbocycles. The Morgan fingerprint density at radius 3 is 2.32 bits per heavy atom. The van der Waals surface area contributed by atoms with Crippen molar-refractivity contribution in [2.24, 2.45) is 11.7 Å². The summed E-state index contributed by atoms with van der Waals surface area (Å²) in [6, 6.07) is 3.61. The summed E-state index contributed by atoms with van der Waals surface area (Å²) in [6.45, 7) is 3.92. The van der Waals surface area contributed by atoms with Gasteiger partial charge in [-0.15, -0.1) is 0 Å². The van der Waals surface area contributed by atoms with Crippen LogP contribution >= 0.6 is 0 Å². The summed E-state index contributed by atoms with van der Waals surface area (Å²) in [5.41, 5.74) is 5.66. The molecule has 0 saturated heterocycles. The molecule has 7 heteroatoms. The molecule has 4 N–H and O–H groups in total. The summed E-state index contributed by atoms with van der Waals surface area (Å²) in [6.07, 6.45) is 0.488. The number of carbonyl (C=O) groups excluding carboxylic acids is 2. The van der Waals surface area contributed by atoms with E-state index in [4.69, 9.17) is 15.2 Å². The number of benzene rings is 1. The van der Waals surface area contributed by atoms with Crippen LogP contribution in [-0.2, 0) is 4.79 Å². The first-order chi connectivity index (χ1) is 10.4. The van der Waals surface area contributed by atoms with Crippen molar-refractivity contribution >= 4 is 17.6 Å². The third-order valence-electron chi connectivity index (χ3n) is 2.99. The maximum absolute atomic E-state index is 12.3. The third kappa shape index (κ3) is 5.16. The van der Waals surface area contributed by atoms with Gasteiger partial charge in [0.05, 0.1) is 14.2 Å². The molecule has 7 nitrogen and oxygen atoms in total. The van der Waals surface area contributed by atoms with Gasteiger partial charge in [-0.3, -0.25) is 4.79 Å². The molecule has 1 rings (SSSR count). The Balaban J connectivity index is 2.86. The fraction of sp³-hybridized carbons (Fsp3) is 0.467. The average Bonchev–Trinajstić information content (AvgIpc) is 2.45. The lowest BCUT2D eigenvalue weighted by Gasteiger charge is -2.19. The van der Waals surface area contributed by atoms with Crippen molar-refractivity contribution in [2.45, 2.75) is 26.3 Å². The molecule has 1 aromatic rings. The van der Waals surface area contributed by atoms with Gasteiger partial charge in [-0.25, -0.2) is 4.79 Å². The minimum Gasteiger partial charge on any atom is -0.493 e. The van der Waals surface area contributed by atoms with E-state index in [-0.39, 0.29) is 11.8 Å². The zero-order chi connectivity index (χ0) is 16.7. The van der Waals surface area contributed by atoms with E-state index in [0.29, 0.717) is 23.6 Å². The van der Waals surface area contributed by atoms with Crippen LogP contribution in [0.25, 0.3) is 0 Å². The van der Waals surface area contributed by atoms with Crippen molar-refractivity contribution in [3.8, 4) is 11.5 Å². The van der Waals surface area contributed by atoms with Gasteiger partial charge < -0.3 is 25.8 Å². The number of carbonyl (C=O) groups is 2. The van der Waals surface area contributed by atoms with Gasteiger partial charge in [0.15, 0.2) is 11.5 Å².